The van der Waals surface area contributed by atoms with Crippen molar-refractivity contribution in [1.82, 2.24) is 4.98 Å². The molecule has 1 heterocycles. The second kappa shape index (κ2) is 5.96. The first-order valence-electron chi connectivity index (χ1n) is 6.62. The van der Waals surface area contributed by atoms with Gasteiger partial charge in [0.05, 0.1) is 11.2 Å². The minimum absolute atomic E-state index is 0.137. The number of fused-ring (bicyclic) bond motifs is 1. The molecule has 1 aromatic heterocycles. The van der Waals surface area contributed by atoms with Crippen molar-refractivity contribution in [2.75, 3.05) is 4.72 Å². The molecule has 0 aliphatic heterocycles. The van der Waals surface area contributed by atoms with Crippen LogP contribution in [0.15, 0.2) is 41.4 Å². The largest absolute Gasteiger partial charge is 0.277 e. The number of para-hydroxylation sites is 1. The first-order chi connectivity index (χ1) is 11.7. The number of pyridine rings is 1. The van der Waals surface area contributed by atoms with Gasteiger partial charge in [-0.1, -0.05) is 18.2 Å². The quantitative estimate of drug-likeness (QED) is 0.432. The smallest absolute Gasteiger partial charge is 0.268 e. The van der Waals surface area contributed by atoms with E-state index in [2.05, 4.69) is 4.98 Å². The third-order valence-electron chi connectivity index (χ3n) is 3.32. The summed E-state index contributed by atoms with van der Waals surface area (Å²) >= 11 is 0. The zero-order chi connectivity index (χ0) is 18.4. The highest BCUT2D eigenvalue weighted by molar-refractivity contribution is 7.92. The van der Waals surface area contributed by atoms with Crippen molar-refractivity contribution in [3.05, 3.63) is 65.6 Å². The van der Waals surface area contributed by atoms with E-state index in [1.807, 2.05) is 4.72 Å². The number of hydrogen-bond donors (Lipinski definition) is 1. The number of aromatic nitrogens is 1. The fraction of sp³-hybridized carbons (Fsp3) is 0. The summed E-state index contributed by atoms with van der Waals surface area (Å²) in [5, 5.41) is 0.500. The van der Waals surface area contributed by atoms with Gasteiger partial charge in [0.15, 0.2) is 28.2 Å². The lowest BCUT2D eigenvalue weighted by molar-refractivity contribution is 0.358. The van der Waals surface area contributed by atoms with Gasteiger partial charge in [-0.15, -0.1) is 0 Å². The minimum Gasteiger partial charge on any atom is -0.277 e. The fourth-order valence-electron chi connectivity index (χ4n) is 2.20. The van der Waals surface area contributed by atoms with Crippen molar-refractivity contribution < 1.29 is 30.4 Å². The lowest BCUT2D eigenvalue weighted by Gasteiger charge is -2.12. The van der Waals surface area contributed by atoms with E-state index < -0.39 is 44.0 Å². The Morgan fingerprint density at radius 2 is 1.36 bits per heavy atom. The summed E-state index contributed by atoms with van der Waals surface area (Å²) in [4.78, 5) is 1.97. The van der Waals surface area contributed by atoms with Crippen LogP contribution in [-0.2, 0) is 10.0 Å². The van der Waals surface area contributed by atoms with Crippen LogP contribution in [0.2, 0.25) is 0 Å². The van der Waals surface area contributed by atoms with E-state index in [0.29, 0.717) is 5.39 Å². The first-order valence-corrected chi connectivity index (χ1v) is 8.10. The van der Waals surface area contributed by atoms with Gasteiger partial charge in [-0.3, -0.25) is 9.71 Å². The monoisotopic (exact) mass is 374 g/mol. The van der Waals surface area contributed by atoms with E-state index >= 15 is 0 Å². The Kier molecular flexibility index (Phi) is 4.07. The molecule has 25 heavy (non-hydrogen) atoms. The summed E-state index contributed by atoms with van der Waals surface area (Å²) in [5.41, 5.74) is -0.0421. The minimum atomic E-state index is -5.11. The number of sulfonamides is 1. The normalized spacial score (nSPS) is 11.7. The average Bonchev–Trinajstić information content (AvgIpc) is 2.58. The Balaban J connectivity index is 2.19. The molecular formula is C15H7F5N2O2S. The molecule has 0 unspecified atom stereocenters. The Morgan fingerprint density at radius 3 is 2.00 bits per heavy atom. The number of anilines is 1. The summed E-state index contributed by atoms with van der Waals surface area (Å²) in [6, 6.07) is 7.43. The molecule has 0 saturated heterocycles. The maximum Gasteiger partial charge on any atom is 0.268 e. The molecule has 0 spiro atoms. The van der Waals surface area contributed by atoms with Gasteiger partial charge in [0.1, 0.15) is 0 Å². The molecule has 2 aromatic carbocycles. The van der Waals surface area contributed by atoms with Crippen molar-refractivity contribution in [1.29, 1.82) is 0 Å². The number of nitrogens with one attached hydrogen (secondary N) is 1. The molecule has 0 aliphatic carbocycles. The summed E-state index contributed by atoms with van der Waals surface area (Å²) in [7, 11) is -5.11. The summed E-state index contributed by atoms with van der Waals surface area (Å²) in [6.07, 6.45) is 1.35. The van der Waals surface area contributed by atoms with Gasteiger partial charge in [0, 0.05) is 11.6 Å². The zero-order valence-electron chi connectivity index (χ0n) is 12.0. The van der Waals surface area contributed by atoms with Crippen LogP contribution in [0.1, 0.15) is 0 Å². The maximum atomic E-state index is 13.8. The van der Waals surface area contributed by atoms with Crippen LogP contribution in [0, 0.1) is 29.1 Å². The molecule has 0 amide bonds. The Hall–Kier alpha value is -2.75. The predicted octanol–water partition coefficient (Wildman–Crippen LogP) is 3.73. The average molecular weight is 374 g/mol. The summed E-state index contributed by atoms with van der Waals surface area (Å²) < 4.78 is 93.4. The SMILES string of the molecule is O=S(=O)(Nc1cccc2cccnc12)c1c(F)c(F)c(F)c(F)c1F. The highest BCUT2D eigenvalue weighted by atomic mass is 32.2. The van der Waals surface area contributed by atoms with E-state index in [0.717, 1.165) is 0 Å². The van der Waals surface area contributed by atoms with Gasteiger partial charge in [-0.25, -0.2) is 30.4 Å². The van der Waals surface area contributed by atoms with Gasteiger partial charge >= 0.3 is 0 Å². The van der Waals surface area contributed by atoms with Crippen LogP contribution in [0.5, 0.6) is 0 Å². The number of halogens is 5. The van der Waals surface area contributed by atoms with E-state index in [4.69, 9.17) is 0 Å². The number of benzene rings is 2. The summed E-state index contributed by atoms with van der Waals surface area (Å²) in [5.74, 6) is -12.0. The molecule has 1 N–H and O–H groups in total. The van der Waals surface area contributed by atoms with Gasteiger partial charge < -0.3 is 0 Å². The van der Waals surface area contributed by atoms with E-state index in [1.165, 1.54) is 18.3 Å². The van der Waals surface area contributed by atoms with Crippen LogP contribution >= 0.6 is 0 Å². The highest BCUT2D eigenvalue weighted by Crippen LogP contribution is 2.29. The predicted molar refractivity (Wildman–Crippen MR) is 78.8 cm³/mol. The van der Waals surface area contributed by atoms with Crippen molar-refractivity contribution in [2.24, 2.45) is 0 Å². The van der Waals surface area contributed by atoms with Crippen molar-refractivity contribution in [3.63, 3.8) is 0 Å². The maximum absolute atomic E-state index is 13.8. The Morgan fingerprint density at radius 1 is 0.800 bits per heavy atom. The highest BCUT2D eigenvalue weighted by Gasteiger charge is 2.33. The molecule has 0 aliphatic rings. The van der Waals surface area contributed by atoms with Crippen molar-refractivity contribution >= 4 is 26.6 Å². The topological polar surface area (TPSA) is 59.1 Å². The molecular weight excluding hydrogens is 367 g/mol. The molecule has 0 atom stereocenters. The zero-order valence-corrected chi connectivity index (χ0v) is 12.8. The molecule has 3 rings (SSSR count). The van der Waals surface area contributed by atoms with Gasteiger partial charge in [0.2, 0.25) is 5.82 Å². The molecule has 0 fully saturated rings. The lowest BCUT2D eigenvalue weighted by atomic mass is 10.2. The molecule has 0 radical (unpaired) electrons. The third-order valence-corrected chi connectivity index (χ3v) is 4.70. The van der Waals surface area contributed by atoms with Gasteiger partial charge in [-0.2, -0.15) is 0 Å². The van der Waals surface area contributed by atoms with Crippen LogP contribution in [-0.4, -0.2) is 13.4 Å². The number of nitrogens with zero attached hydrogens (tertiary/aromatic N) is 1. The standard InChI is InChI=1S/C15H7F5N2O2S/c16-9-10(17)12(19)15(13(20)11(9)18)25(23,24)22-8-5-1-3-7-4-2-6-21-14(7)8/h1-6,22H. The second-order valence-corrected chi connectivity index (χ2v) is 6.50. The fourth-order valence-corrected chi connectivity index (χ4v) is 3.41. The van der Waals surface area contributed by atoms with Crippen LogP contribution in [0.3, 0.4) is 0 Å². The third kappa shape index (κ3) is 2.78. The van der Waals surface area contributed by atoms with Crippen LogP contribution < -0.4 is 4.72 Å². The molecule has 10 heteroatoms. The number of hydrogen-bond acceptors (Lipinski definition) is 3. The van der Waals surface area contributed by atoms with Gasteiger partial charge in [0.25, 0.3) is 10.0 Å². The first kappa shape index (κ1) is 17.1. The van der Waals surface area contributed by atoms with E-state index in [1.54, 1.807) is 18.2 Å². The lowest BCUT2D eigenvalue weighted by Crippen LogP contribution is -2.19. The molecule has 3 aromatic rings. The summed E-state index contributed by atoms with van der Waals surface area (Å²) in [6.45, 7) is 0. The Bertz CT molecular complexity index is 1070. The molecule has 0 saturated carbocycles. The Labute approximate surface area is 138 Å². The van der Waals surface area contributed by atoms with E-state index in [-0.39, 0.29) is 11.2 Å². The molecule has 4 nitrogen and oxygen atoms in total. The van der Waals surface area contributed by atoms with Crippen molar-refractivity contribution in [2.45, 2.75) is 4.90 Å². The van der Waals surface area contributed by atoms with Crippen LogP contribution in [0.4, 0.5) is 27.6 Å². The van der Waals surface area contributed by atoms with Crippen molar-refractivity contribution in [3.8, 4) is 0 Å². The molecule has 0 bridgehead atoms. The van der Waals surface area contributed by atoms with Gasteiger partial charge in [-0.05, 0) is 12.1 Å². The van der Waals surface area contributed by atoms with Crippen LogP contribution in [0.25, 0.3) is 10.9 Å². The number of rotatable bonds is 3. The molecule has 130 valence electrons. The second-order valence-electron chi connectivity index (χ2n) is 4.89. The van der Waals surface area contributed by atoms with E-state index in [9.17, 15) is 30.4 Å².